The number of fused-ring (bicyclic) bond motifs is 2. The van der Waals surface area contributed by atoms with Gasteiger partial charge in [-0.15, -0.1) is 0 Å². The minimum atomic E-state index is -2.73. The Kier molecular flexibility index (Phi) is 4.20. The van der Waals surface area contributed by atoms with E-state index in [0.29, 0.717) is 0 Å². The van der Waals surface area contributed by atoms with Crippen LogP contribution >= 0.6 is 0 Å². The lowest BCUT2D eigenvalue weighted by atomic mass is 9.87. The van der Waals surface area contributed by atoms with Gasteiger partial charge in [0.15, 0.2) is 0 Å². The molecule has 2 saturated carbocycles. The summed E-state index contributed by atoms with van der Waals surface area (Å²) in [6, 6.07) is 7.30. The predicted octanol–water partition coefficient (Wildman–Crippen LogP) is 4.38. The van der Waals surface area contributed by atoms with E-state index in [-0.39, 0.29) is 12.7 Å². The molecule has 0 heterocycles. The highest BCUT2D eigenvalue weighted by atomic mass is 19.3. The molecule has 0 spiro atoms. The summed E-state index contributed by atoms with van der Waals surface area (Å²) < 4.78 is 34.4. The Bertz CT molecular complexity index is 438. The third kappa shape index (κ3) is 3.48. The van der Waals surface area contributed by atoms with E-state index in [2.05, 4.69) is 4.74 Å². The van der Waals surface area contributed by atoms with Gasteiger partial charge in [0, 0.05) is 0 Å². The number of alkyl halides is 2. The maximum Gasteiger partial charge on any atom is 0.345 e. The van der Waals surface area contributed by atoms with E-state index in [1.54, 1.807) is 12.1 Å². The van der Waals surface area contributed by atoms with Crippen molar-refractivity contribution < 1.29 is 18.3 Å². The van der Waals surface area contributed by atoms with Crippen molar-refractivity contribution in [2.75, 3.05) is 0 Å². The van der Waals surface area contributed by atoms with Gasteiger partial charge >= 0.3 is 6.61 Å². The molecule has 0 N–H and O–H groups in total. The molecule has 2 fully saturated rings. The van der Waals surface area contributed by atoms with Crippen molar-refractivity contribution >= 4 is 0 Å². The Hall–Kier alpha value is -1.16. The van der Waals surface area contributed by atoms with Gasteiger partial charge in [0.1, 0.15) is 5.75 Å². The maximum atomic E-state index is 12.0. The summed E-state index contributed by atoms with van der Waals surface area (Å²) >= 11 is 0. The summed E-state index contributed by atoms with van der Waals surface area (Å²) in [4.78, 5) is 0. The van der Waals surface area contributed by atoms with Crippen LogP contribution in [-0.4, -0.2) is 12.7 Å². The molecule has 0 aromatic heterocycles. The molecular formula is C16H20F2O2. The molecular weight excluding hydrogens is 262 g/mol. The Morgan fingerprint density at radius 1 is 1.10 bits per heavy atom. The third-order valence-corrected chi connectivity index (χ3v) is 4.42. The lowest BCUT2D eigenvalue weighted by Crippen LogP contribution is -2.26. The fraction of sp³-hybridized carbons (Fsp3) is 0.625. The van der Waals surface area contributed by atoms with E-state index < -0.39 is 6.61 Å². The van der Waals surface area contributed by atoms with Crippen LogP contribution in [0.2, 0.25) is 0 Å². The zero-order valence-electron chi connectivity index (χ0n) is 11.4. The van der Waals surface area contributed by atoms with E-state index in [9.17, 15) is 8.78 Å². The highest BCUT2D eigenvalue weighted by Gasteiger charge is 2.34. The van der Waals surface area contributed by atoms with Crippen LogP contribution in [0.5, 0.6) is 5.75 Å². The number of ether oxygens (including phenoxy) is 2. The Labute approximate surface area is 118 Å². The van der Waals surface area contributed by atoms with Crippen molar-refractivity contribution in [3.63, 3.8) is 0 Å². The van der Waals surface area contributed by atoms with Crippen molar-refractivity contribution in [1.29, 1.82) is 0 Å². The van der Waals surface area contributed by atoms with Crippen LogP contribution in [0.25, 0.3) is 0 Å². The zero-order valence-corrected chi connectivity index (χ0v) is 11.4. The predicted molar refractivity (Wildman–Crippen MR) is 71.7 cm³/mol. The topological polar surface area (TPSA) is 18.5 Å². The second kappa shape index (κ2) is 6.08. The summed E-state index contributed by atoms with van der Waals surface area (Å²) in [5, 5.41) is 0. The maximum absolute atomic E-state index is 12.0. The van der Waals surface area contributed by atoms with Gasteiger partial charge in [-0.2, -0.15) is 8.78 Å². The molecule has 20 heavy (non-hydrogen) atoms. The normalized spacial score (nSPS) is 28.9. The van der Waals surface area contributed by atoms with Crippen LogP contribution in [0.1, 0.15) is 37.7 Å². The van der Waals surface area contributed by atoms with Gasteiger partial charge in [-0.25, -0.2) is 0 Å². The van der Waals surface area contributed by atoms with E-state index >= 15 is 0 Å². The molecule has 2 nitrogen and oxygen atoms in total. The van der Waals surface area contributed by atoms with Gasteiger partial charge < -0.3 is 9.47 Å². The third-order valence-electron chi connectivity index (χ3n) is 4.42. The summed E-state index contributed by atoms with van der Waals surface area (Å²) in [5.74, 6) is 2.42. The number of rotatable bonds is 5. The average Bonchev–Trinajstić information content (AvgIpc) is 2.76. The summed E-state index contributed by atoms with van der Waals surface area (Å²) in [6.45, 7) is -2.81. The molecule has 1 aromatic rings. The van der Waals surface area contributed by atoms with Gasteiger partial charge in [0.05, 0.1) is 12.7 Å². The van der Waals surface area contributed by atoms with Crippen molar-refractivity contribution in [1.82, 2.24) is 0 Å². The second-order valence-electron chi connectivity index (χ2n) is 5.98. The van der Waals surface area contributed by atoms with Gasteiger partial charge in [-0.1, -0.05) is 25.0 Å². The van der Waals surface area contributed by atoms with Crippen LogP contribution < -0.4 is 4.74 Å². The first-order valence-corrected chi connectivity index (χ1v) is 7.34. The lowest BCUT2D eigenvalue weighted by Gasteiger charge is -2.28. The fourth-order valence-electron chi connectivity index (χ4n) is 3.60. The van der Waals surface area contributed by atoms with E-state index in [1.807, 2.05) is 12.1 Å². The molecule has 0 radical (unpaired) electrons. The van der Waals surface area contributed by atoms with Gasteiger partial charge in [0.25, 0.3) is 0 Å². The molecule has 2 bridgehead atoms. The highest BCUT2D eigenvalue weighted by molar-refractivity contribution is 5.28. The number of benzene rings is 1. The quantitative estimate of drug-likeness (QED) is 0.797. The van der Waals surface area contributed by atoms with Crippen LogP contribution in [0.3, 0.4) is 0 Å². The molecule has 0 aliphatic heterocycles. The Morgan fingerprint density at radius 2 is 1.85 bits per heavy atom. The monoisotopic (exact) mass is 282 g/mol. The average molecular weight is 282 g/mol. The minimum absolute atomic E-state index is 0.0786. The molecule has 1 aromatic carbocycles. The van der Waals surface area contributed by atoms with E-state index in [1.165, 1.54) is 19.3 Å². The molecule has 0 saturated heterocycles. The molecule has 0 unspecified atom stereocenters. The van der Waals surface area contributed by atoms with Crippen LogP contribution in [0.4, 0.5) is 8.78 Å². The summed E-state index contributed by atoms with van der Waals surface area (Å²) in [5.41, 5.74) is 0.724. The molecule has 110 valence electrons. The van der Waals surface area contributed by atoms with Crippen LogP contribution in [0, 0.1) is 11.8 Å². The lowest BCUT2D eigenvalue weighted by molar-refractivity contribution is -0.137. The van der Waals surface area contributed by atoms with Crippen LogP contribution in [0.15, 0.2) is 24.3 Å². The van der Waals surface area contributed by atoms with Crippen molar-refractivity contribution in [3.8, 4) is 5.75 Å². The largest absolute Gasteiger partial charge is 0.490 e. The summed E-state index contributed by atoms with van der Waals surface area (Å²) in [6.07, 6.45) is 6.59. The Morgan fingerprint density at radius 3 is 2.55 bits per heavy atom. The summed E-state index contributed by atoms with van der Waals surface area (Å²) in [7, 11) is 0. The molecule has 3 rings (SSSR count). The van der Waals surface area contributed by atoms with E-state index in [0.717, 1.165) is 36.0 Å². The first-order chi connectivity index (χ1) is 9.69. The van der Waals surface area contributed by atoms with Crippen molar-refractivity contribution in [3.05, 3.63) is 29.8 Å². The first kappa shape index (κ1) is 13.8. The molecule has 2 aliphatic rings. The van der Waals surface area contributed by atoms with Crippen LogP contribution in [-0.2, 0) is 11.3 Å². The first-order valence-electron chi connectivity index (χ1n) is 7.34. The van der Waals surface area contributed by atoms with Crippen molar-refractivity contribution in [2.24, 2.45) is 11.8 Å². The molecule has 0 amide bonds. The van der Waals surface area contributed by atoms with Gasteiger partial charge in [-0.05, 0) is 48.8 Å². The fourth-order valence-corrected chi connectivity index (χ4v) is 3.60. The second-order valence-corrected chi connectivity index (χ2v) is 5.98. The smallest absolute Gasteiger partial charge is 0.345 e. The SMILES string of the molecule is FC(F)OCc1cccc(O[C@@H]2C[C@@H]3CC[C@@H](C3)C2)c1. The number of halogens is 2. The Balaban J connectivity index is 1.58. The minimum Gasteiger partial charge on any atom is -0.490 e. The number of hydrogen-bond acceptors (Lipinski definition) is 2. The zero-order chi connectivity index (χ0) is 13.9. The number of hydrogen-bond donors (Lipinski definition) is 0. The van der Waals surface area contributed by atoms with Gasteiger partial charge in [-0.3, -0.25) is 0 Å². The molecule has 4 heteroatoms. The van der Waals surface area contributed by atoms with Crippen molar-refractivity contribution in [2.45, 2.75) is 51.4 Å². The molecule has 3 atom stereocenters. The highest BCUT2D eigenvalue weighted by Crippen LogP contribution is 2.43. The molecule has 2 aliphatic carbocycles. The van der Waals surface area contributed by atoms with Gasteiger partial charge in [0.2, 0.25) is 0 Å². The standard InChI is InChI=1S/C16H20F2O2/c17-16(18)19-10-13-2-1-3-14(9-13)20-15-7-11-4-5-12(6-11)8-15/h1-3,9,11-12,15-16H,4-8,10H2/t11-,12+,15-. The van der Waals surface area contributed by atoms with E-state index in [4.69, 9.17) is 4.74 Å².